The van der Waals surface area contributed by atoms with Crippen LogP contribution in [-0.4, -0.2) is 110 Å². The van der Waals surface area contributed by atoms with Crippen molar-refractivity contribution in [1.29, 1.82) is 0 Å². The van der Waals surface area contributed by atoms with Crippen LogP contribution in [0.25, 0.3) is 0 Å². The number of nitrogens with one attached hydrogen (secondary N) is 1. The number of hydrogen-bond donors (Lipinski definition) is 8. The van der Waals surface area contributed by atoms with E-state index in [0.717, 1.165) is 57.8 Å². The fourth-order valence-corrected chi connectivity index (χ4v) is 6.31. The van der Waals surface area contributed by atoms with Gasteiger partial charge in [0.2, 0.25) is 5.91 Å². The lowest BCUT2D eigenvalue weighted by atomic mass is 9.98. The molecule has 300 valence electrons. The molecular formula is C40H75NO10. The summed E-state index contributed by atoms with van der Waals surface area (Å²) in [5.41, 5.74) is 0. The Morgan fingerprint density at radius 2 is 1.18 bits per heavy atom. The molecule has 1 heterocycles. The number of aliphatic hydroxyl groups excluding tert-OH is 7. The van der Waals surface area contributed by atoms with E-state index in [9.17, 15) is 40.5 Å². The van der Waals surface area contributed by atoms with Gasteiger partial charge in [-0.15, -0.1) is 0 Å². The predicted octanol–water partition coefficient (Wildman–Crippen LogP) is 5.10. The number of ether oxygens (including phenoxy) is 2. The Bertz CT molecular complexity index is 887. The van der Waals surface area contributed by atoms with Crippen LogP contribution < -0.4 is 5.32 Å². The third-order valence-corrected chi connectivity index (χ3v) is 9.78. The Morgan fingerprint density at radius 1 is 0.686 bits per heavy atom. The minimum atomic E-state index is -1.66. The normalized spacial score (nSPS) is 23.5. The second-order valence-electron chi connectivity index (χ2n) is 14.4. The highest BCUT2D eigenvalue weighted by Gasteiger charge is 2.44. The maximum Gasteiger partial charge on any atom is 0.249 e. The van der Waals surface area contributed by atoms with E-state index in [1.165, 1.54) is 57.8 Å². The molecule has 0 radical (unpaired) electrons. The first-order valence-electron chi connectivity index (χ1n) is 20.3. The van der Waals surface area contributed by atoms with E-state index in [1.807, 2.05) is 0 Å². The average molecular weight is 730 g/mol. The standard InChI is InChI=1S/C40H75NO10/c1-3-5-7-9-11-13-15-16-17-18-20-22-24-26-28-33(44)39(49)41-31(30-50-40-38(48)37(47)36(46)34(29-42)51-40)35(45)32(43)27-25-23-21-19-14-12-10-8-6-4-2/h11,13,15-16,31-38,40,42-48H,3-10,12,14,17-30H2,1-2H3,(H,41,49)/b13-11-,16-15-. The summed E-state index contributed by atoms with van der Waals surface area (Å²) >= 11 is 0. The Kier molecular flexibility index (Phi) is 28.9. The van der Waals surface area contributed by atoms with E-state index in [2.05, 4.69) is 43.5 Å². The number of unbranched alkanes of at least 4 members (excludes halogenated alkanes) is 17. The monoisotopic (exact) mass is 730 g/mol. The summed E-state index contributed by atoms with van der Waals surface area (Å²) < 4.78 is 11.0. The Morgan fingerprint density at radius 3 is 1.75 bits per heavy atom. The number of amides is 1. The number of hydrogen-bond acceptors (Lipinski definition) is 10. The first-order chi connectivity index (χ1) is 24.7. The molecule has 0 aromatic carbocycles. The number of rotatable bonds is 32. The molecule has 0 saturated carbocycles. The first-order valence-corrected chi connectivity index (χ1v) is 20.3. The van der Waals surface area contributed by atoms with Crippen LogP contribution in [-0.2, 0) is 14.3 Å². The van der Waals surface area contributed by atoms with Gasteiger partial charge in [0, 0.05) is 0 Å². The lowest BCUT2D eigenvalue weighted by Gasteiger charge is -2.40. The molecule has 0 aromatic rings. The van der Waals surface area contributed by atoms with Crippen molar-refractivity contribution in [2.24, 2.45) is 0 Å². The molecule has 1 aliphatic heterocycles. The lowest BCUT2D eigenvalue weighted by molar-refractivity contribution is -0.303. The highest BCUT2D eigenvalue weighted by molar-refractivity contribution is 5.80. The SMILES string of the molecule is CCCCC/C=C\C=C/CCCCCCCC(O)C(=O)NC(COC1OC(CO)C(O)C(O)C1O)C(O)C(O)CCCCCCCCCCCC. The van der Waals surface area contributed by atoms with Crippen LogP contribution in [0.5, 0.6) is 0 Å². The van der Waals surface area contributed by atoms with Crippen molar-refractivity contribution in [2.45, 2.75) is 210 Å². The summed E-state index contributed by atoms with van der Waals surface area (Å²) in [5, 5.41) is 75.2. The highest BCUT2D eigenvalue weighted by atomic mass is 16.7. The zero-order valence-corrected chi connectivity index (χ0v) is 31.8. The maximum atomic E-state index is 13.0. The molecule has 1 fully saturated rings. The topological polar surface area (TPSA) is 189 Å². The summed E-state index contributed by atoms with van der Waals surface area (Å²) in [7, 11) is 0. The van der Waals surface area contributed by atoms with Crippen molar-refractivity contribution in [3.8, 4) is 0 Å². The molecule has 1 aliphatic rings. The molecule has 9 atom stereocenters. The van der Waals surface area contributed by atoms with Crippen molar-refractivity contribution in [1.82, 2.24) is 5.32 Å². The van der Waals surface area contributed by atoms with Gasteiger partial charge in [0.25, 0.3) is 0 Å². The zero-order chi connectivity index (χ0) is 37.7. The van der Waals surface area contributed by atoms with E-state index >= 15 is 0 Å². The summed E-state index contributed by atoms with van der Waals surface area (Å²) in [4.78, 5) is 13.0. The summed E-state index contributed by atoms with van der Waals surface area (Å²) in [5.74, 6) is -0.713. The second-order valence-corrected chi connectivity index (χ2v) is 14.4. The lowest BCUT2D eigenvalue weighted by Crippen LogP contribution is -2.60. The average Bonchev–Trinajstić information content (AvgIpc) is 3.13. The van der Waals surface area contributed by atoms with E-state index in [4.69, 9.17) is 9.47 Å². The molecule has 8 N–H and O–H groups in total. The van der Waals surface area contributed by atoms with Crippen molar-refractivity contribution in [2.75, 3.05) is 13.2 Å². The number of aliphatic hydroxyl groups is 7. The van der Waals surface area contributed by atoms with Crippen molar-refractivity contribution >= 4 is 5.91 Å². The number of carbonyl (C=O) groups excluding carboxylic acids is 1. The third-order valence-electron chi connectivity index (χ3n) is 9.78. The Labute approximate surface area is 308 Å². The van der Waals surface area contributed by atoms with Crippen molar-refractivity contribution in [3.05, 3.63) is 24.3 Å². The molecule has 51 heavy (non-hydrogen) atoms. The van der Waals surface area contributed by atoms with Crippen LogP contribution in [0.15, 0.2) is 24.3 Å². The highest BCUT2D eigenvalue weighted by Crippen LogP contribution is 2.23. The van der Waals surface area contributed by atoms with Crippen LogP contribution in [0.1, 0.15) is 155 Å². The number of allylic oxidation sites excluding steroid dienone is 4. The summed E-state index contributed by atoms with van der Waals surface area (Å²) in [6.45, 7) is 3.35. The molecule has 0 spiro atoms. The van der Waals surface area contributed by atoms with Crippen LogP contribution in [0, 0.1) is 0 Å². The fraction of sp³-hybridized carbons (Fsp3) is 0.875. The van der Waals surface area contributed by atoms with Crippen LogP contribution >= 0.6 is 0 Å². The van der Waals surface area contributed by atoms with Gasteiger partial charge in [-0.05, 0) is 38.5 Å². The zero-order valence-electron chi connectivity index (χ0n) is 31.8. The van der Waals surface area contributed by atoms with Gasteiger partial charge < -0.3 is 50.5 Å². The van der Waals surface area contributed by atoms with E-state index in [0.29, 0.717) is 19.3 Å². The van der Waals surface area contributed by atoms with Gasteiger partial charge in [0.15, 0.2) is 6.29 Å². The Hall–Kier alpha value is -1.41. The molecule has 11 heteroatoms. The smallest absolute Gasteiger partial charge is 0.249 e. The van der Waals surface area contributed by atoms with Gasteiger partial charge in [-0.2, -0.15) is 0 Å². The summed E-state index contributed by atoms with van der Waals surface area (Å²) in [6, 6.07) is -1.17. The van der Waals surface area contributed by atoms with E-state index in [-0.39, 0.29) is 6.42 Å². The number of carbonyl (C=O) groups is 1. The molecule has 1 rings (SSSR count). The summed E-state index contributed by atoms with van der Waals surface area (Å²) in [6.07, 6.45) is 19.5. The van der Waals surface area contributed by atoms with E-state index in [1.54, 1.807) is 0 Å². The molecule has 0 aliphatic carbocycles. The molecule has 1 saturated heterocycles. The van der Waals surface area contributed by atoms with Gasteiger partial charge >= 0.3 is 0 Å². The van der Waals surface area contributed by atoms with Crippen LogP contribution in [0.3, 0.4) is 0 Å². The molecule has 9 unspecified atom stereocenters. The third kappa shape index (κ3) is 21.8. The molecular weight excluding hydrogens is 654 g/mol. The molecule has 0 bridgehead atoms. The first kappa shape index (κ1) is 47.6. The largest absolute Gasteiger partial charge is 0.394 e. The maximum absolute atomic E-state index is 13.0. The van der Waals surface area contributed by atoms with Crippen molar-refractivity contribution < 1.29 is 50.0 Å². The van der Waals surface area contributed by atoms with E-state index < -0.39 is 74.2 Å². The van der Waals surface area contributed by atoms with Gasteiger partial charge in [-0.1, -0.05) is 141 Å². The molecule has 11 nitrogen and oxygen atoms in total. The molecule has 0 aromatic heterocycles. The predicted molar refractivity (Wildman–Crippen MR) is 201 cm³/mol. The minimum absolute atomic E-state index is 0.242. The van der Waals surface area contributed by atoms with Crippen LogP contribution in [0.4, 0.5) is 0 Å². The fourth-order valence-electron chi connectivity index (χ4n) is 6.31. The minimum Gasteiger partial charge on any atom is -0.394 e. The quantitative estimate of drug-likeness (QED) is 0.0342. The van der Waals surface area contributed by atoms with Gasteiger partial charge in [0.1, 0.15) is 36.6 Å². The Balaban J connectivity index is 2.55. The van der Waals surface area contributed by atoms with Crippen LogP contribution in [0.2, 0.25) is 0 Å². The van der Waals surface area contributed by atoms with Gasteiger partial charge in [0.05, 0.1) is 25.4 Å². The van der Waals surface area contributed by atoms with Gasteiger partial charge in [-0.25, -0.2) is 0 Å². The molecule has 1 amide bonds. The second kappa shape index (κ2) is 31.0. The van der Waals surface area contributed by atoms with Crippen molar-refractivity contribution in [3.63, 3.8) is 0 Å². The van der Waals surface area contributed by atoms with Gasteiger partial charge in [-0.3, -0.25) is 4.79 Å².